The lowest BCUT2D eigenvalue weighted by Gasteiger charge is -2.08. The molecule has 0 aliphatic heterocycles. The van der Waals surface area contributed by atoms with E-state index < -0.39 is 60.7 Å². The van der Waals surface area contributed by atoms with E-state index in [9.17, 15) is 28.8 Å². The maximum absolute atomic E-state index is 10.4. The highest BCUT2D eigenvalue weighted by molar-refractivity contribution is 5.88. The molecule has 0 aliphatic carbocycles. The van der Waals surface area contributed by atoms with Gasteiger partial charge in [-0.15, -0.1) is 0 Å². The van der Waals surface area contributed by atoms with Crippen LogP contribution in [0.4, 0.5) is 0 Å². The van der Waals surface area contributed by atoms with Crippen molar-refractivity contribution in [2.24, 2.45) is 11.5 Å². The lowest BCUT2D eigenvalue weighted by molar-refractivity contribution is -0.140. The largest absolute Gasteiger partial charge is 0.481 e. The molecule has 0 aliphatic rings. The van der Waals surface area contributed by atoms with E-state index in [-0.39, 0.29) is 11.1 Å². The SMILES string of the molecule is NC(C(=O)O)/C(=C/C(=O)O)CC(=O)O.NC(C(=O)O)/C(=C/C(=O)O)CC(=O)O. The zero-order chi connectivity index (χ0) is 22.6. The van der Waals surface area contributed by atoms with Crippen LogP contribution in [0.5, 0.6) is 0 Å². The third-order valence-corrected chi connectivity index (χ3v) is 2.66. The highest BCUT2D eigenvalue weighted by atomic mass is 16.4. The van der Waals surface area contributed by atoms with Crippen LogP contribution < -0.4 is 11.5 Å². The van der Waals surface area contributed by atoms with E-state index in [0.717, 1.165) is 0 Å². The van der Waals surface area contributed by atoms with Crippen LogP contribution in [0.25, 0.3) is 0 Å². The fraction of sp³-hybridized carbons (Fsp3) is 0.286. The molecule has 156 valence electrons. The van der Waals surface area contributed by atoms with Crippen LogP contribution in [-0.4, -0.2) is 78.5 Å². The van der Waals surface area contributed by atoms with Crippen LogP contribution in [-0.2, 0) is 28.8 Å². The fourth-order valence-corrected chi connectivity index (χ4v) is 1.49. The number of hydrogen-bond donors (Lipinski definition) is 8. The lowest BCUT2D eigenvalue weighted by atomic mass is 10.0. The van der Waals surface area contributed by atoms with Crippen molar-refractivity contribution in [2.75, 3.05) is 0 Å². The van der Waals surface area contributed by atoms with Gasteiger partial charge in [-0.3, -0.25) is 19.2 Å². The summed E-state index contributed by atoms with van der Waals surface area (Å²) in [4.78, 5) is 61.6. The normalized spacial score (nSPS) is 13.4. The van der Waals surface area contributed by atoms with Crippen LogP contribution in [0.2, 0.25) is 0 Å². The third-order valence-electron chi connectivity index (χ3n) is 2.66. The lowest BCUT2D eigenvalue weighted by Crippen LogP contribution is -2.33. The van der Waals surface area contributed by atoms with Gasteiger partial charge in [0.1, 0.15) is 12.1 Å². The van der Waals surface area contributed by atoms with Gasteiger partial charge in [0.25, 0.3) is 0 Å². The number of hydrogen-bond acceptors (Lipinski definition) is 8. The Labute approximate surface area is 156 Å². The average Bonchev–Trinajstić information content (AvgIpc) is 2.50. The number of carboxylic acids is 6. The molecule has 10 N–H and O–H groups in total. The Bertz CT molecular complexity index is 649. The predicted octanol–water partition coefficient (Wildman–Crippen LogP) is -2.23. The highest BCUT2D eigenvalue weighted by Gasteiger charge is 2.21. The Hall–Kier alpha value is -3.78. The van der Waals surface area contributed by atoms with Gasteiger partial charge in [0.05, 0.1) is 12.8 Å². The molecule has 2 unspecified atom stereocenters. The minimum atomic E-state index is -1.61. The molecule has 0 aromatic heterocycles. The molecule has 14 heteroatoms. The first-order valence-corrected chi connectivity index (χ1v) is 6.96. The molecule has 0 rings (SSSR count). The van der Waals surface area contributed by atoms with Gasteiger partial charge >= 0.3 is 35.8 Å². The first-order valence-electron chi connectivity index (χ1n) is 6.96. The first kappa shape index (κ1) is 26.4. The van der Waals surface area contributed by atoms with Crippen LogP contribution in [0.3, 0.4) is 0 Å². The van der Waals surface area contributed by atoms with E-state index in [1.54, 1.807) is 0 Å². The zero-order valence-corrected chi connectivity index (χ0v) is 14.0. The maximum atomic E-state index is 10.4. The Kier molecular flexibility index (Phi) is 11.9. The minimum absolute atomic E-state index is 0.363. The number of rotatable bonds is 10. The Balaban J connectivity index is 0. The fourth-order valence-electron chi connectivity index (χ4n) is 1.49. The van der Waals surface area contributed by atoms with E-state index in [4.69, 9.17) is 42.1 Å². The van der Waals surface area contributed by atoms with Gasteiger partial charge in [0, 0.05) is 12.2 Å². The smallest absolute Gasteiger partial charge is 0.328 e. The quantitative estimate of drug-likeness (QED) is 0.178. The van der Waals surface area contributed by atoms with Crippen LogP contribution in [0.1, 0.15) is 12.8 Å². The molecule has 0 amide bonds. The summed E-state index contributed by atoms with van der Waals surface area (Å²) in [7, 11) is 0. The van der Waals surface area contributed by atoms with Gasteiger partial charge in [-0.25, -0.2) is 9.59 Å². The molecule has 0 heterocycles. The van der Waals surface area contributed by atoms with Crippen molar-refractivity contribution in [2.45, 2.75) is 24.9 Å². The van der Waals surface area contributed by atoms with Crippen molar-refractivity contribution in [3.05, 3.63) is 23.3 Å². The van der Waals surface area contributed by atoms with E-state index in [1.807, 2.05) is 0 Å². The van der Waals surface area contributed by atoms with Crippen molar-refractivity contribution in [1.82, 2.24) is 0 Å². The van der Waals surface area contributed by atoms with Gasteiger partial charge in [0.2, 0.25) is 0 Å². The van der Waals surface area contributed by atoms with Crippen molar-refractivity contribution in [3.63, 3.8) is 0 Å². The zero-order valence-electron chi connectivity index (χ0n) is 14.0. The topological polar surface area (TPSA) is 276 Å². The molecular formula is C14H18N2O12. The van der Waals surface area contributed by atoms with Crippen LogP contribution in [0.15, 0.2) is 23.3 Å². The molecule has 0 saturated carbocycles. The summed E-state index contributed by atoms with van der Waals surface area (Å²) >= 11 is 0. The number of aliphatic carboxylic acids is 6. The van der Waals surface area contributed by atoms with E-state index in [0.29, 0.717) is 12.2 Å². The first-order chi connectivity index (χ1) is 12.7. The average molecular weight is 406 g/mol. The summed E-state index contributed by atoms with van der Waals surface area (Å²) in [6.07, 6.45) is -0.431. The molecule has 0 bridgehead atoms. The molecule has 0 aromatic carbocycles. The molecule has 0 spiro atoms. The van der Waals surface area contributed by atoms with E-state index >= 15 is 0 Å². The molecule has 0 saturated heterocycles. The van der Waals surface area contributed by atoms with E-state index in [1.165, 1.54) is 0 Å². The Morgan fingerprint density at radius 3 is 1.00 bits per heavy atom. The number of nitrogens with two attached hydrogens (primary N) is 2. The monoisotopic (exact) mass is 406 g/mol. The van der Waals surface area contributed by atoms with Crippen molar-refractivity contribution in [1.29, 1.82) is 0 Å². The second-order valence-corrected chi connectivity index (χ2v) is 4.89. The van der Waals surface area contributed by atoms with Gasteiger partial charge in [-0.05, 0) is 11.1 Å². The Morgan fingerprint density at radius 1 is 0.607 bits per heavy atom. The van der Waals surface area contributed by atoms with Gasteiger partial charge in [-0.1, -0.05) is 0 Å². The Morgan fingerprint density at radius 2 is 0.857 bits per heavy atom. The highest BCUT2D eigenvalue weighted by Crippen LogP contribution is 2.07. The molecule has 2 atom stereocenters. The summed E-state index contributed by atoms with van der Waals surface area (Å²) in [5.41, 5.74) is 9.40. The molecule has 0 fully saturated rings. The minimum Gasteiger partial charge on any atom is -0.481 e. The van der Waals surface area contributed by atoms with Gasteiger partial charge in [-0.2, -0.15) is 0 Å². The van der Waals surface area contributed by atoms with Gasteiger partial charge < -0.3 is 42.1 Å². The standard InChI is InChI=1S/2C7H9NO6/c2*8-6(7(13)14)3(1-4(9)10)2-5(11)12/h2*1,6H,2,8H2,(H,9,10)(H,11,12)(H,13,14)/b2*3-1+. The van der Waals surface area contributed by atoms with Crippen LogP contribution in [0, 0.1) is 0 Å². The third kappa shape index (κ3) is 12.6. The summed E-state index contributed by atoms with van der Waals surface area (Å²) in [5, 5.41) is 50.2. The maximum Gasteiger partial charge on any atom is 0.328 e. The molecule has 14 nitrogen and oxygen atoms in total. The molecule has 0 radical (unpaired) electrons. The number of carboxylic acid groups (broad SMARTS) is 6. The van der Waals surface area contributed by atoms with Crippen LogP contribution >= 0.6 is 0 Å². The molecule has 0 aromatic rings. The molecule has 28 heavy (non-hydrogen) atoms. The summed E-state index contributed by atoms with van der Waals surface area (Å²) in [6.45, 7) is 0. The van der Waals surface area contributed by atoms with E-state index in [2.05, 4.69) is 0 Å². The number of carbonyl (C=O) groups is 6. The van der Waals surface area contributed by atoms with Crippen molar-refractivity contribution >= 4 is 35.8 Å². The van der Waals surface area contributed by atoms with Gasteiger partial charge in [0.15, 0.2) is 0 Å². The summed E-state index contributed by atoms with van der Waals surface area (Å²) in [6, 6.07) is -3.22. The second kappa shape index (κ2) is 12.6. The van der Waals surface area contributed by atoms with Crippen molar-refractivity contribution in [3.8, 4) is 0 Å². The van der Waals surface area contributed by atoms with Crippen molar-refractivity contribution < 1.29 is 59.4 Å². The summed E-state index contributed by atoms with van der Waals surface area (Å²) in [5.74, 6) is -8.49. The second-order valence-electron chi connectivity index (χ2n) is 4.89. The molecular weight excluding hydrogens is 388 g/mol. The predicted molar refractivity (Wildman–Crippen MR) is 87.2 cm³/mol. The summed E-state index contributed by atoms with van der Waals surface area (Å²) < 4.78 is 0.